The normalized spacial score (nSPS) is 13.3. The highest BCUT2D eigenvalue weighted by Crippen LogP contribution is 2.26. The summed E-state index contributed by atoms with van der Waals surface area (Å²) in [7, 11) is -3.38. The van der Waals surface area contributed by atoms with E-state index in [2.05, 4.69) is 15.8 Å². The van der Waals surface area contributed by atoms with Crippen LogP contribution in [0.3, 0.4) is 0 Å². The van der Waals surface area contributed by atoms with Crippen LogP contribution < -0.4 is 4.72 Å². The van der Waals surface area contributed by atoms with Gasteiger partial charge in [0.25, 0.3) is 0 Å². The largest absolute Gasteiger partial charge is 0.264 e. The van der Waals surface area contributed by atoms with Crippen LogP contribution in [0.25, 0.3) is 0 Å². The van der Waals surface area contributed by atoms with Crippen LogP contribution in [0, 0.1) is 19.8 Å². The minimum atomic E-state index is -3.38. The third-order valence-corrected chi connectivity index (χ3v) is 5.30. The first-order valence-corrected chi connectivity index (χ1v) is 9.41. The highest BCUT2D eigenvalue weighted by atomic mass is 32.2. The van der Waals surface area contributed by atoms with Gasteiger partial charge in [-0.15, -0.1) is 0 Å². The molecule has 4 nitrogen and oxygen atoms in total. The molecule has 0 aliphatic carbocycles. The van der Waals surface area contributed by atoms with Gasteiger partial charge in [0.2, 0.25) is 10.0 Å². The van der Waals surface area contributed by atoms with E-state index in [1.54, 1.807) is 12.4 Å². The highest BCUT2D eigenvalue weighted by molar-refractivity contribution is 7.89. The summed E-state index contributed by atoms with van der Waals surface area (Å²) in [6.07, 6.45) is 3.40. The van der Waals surface area contributed by atoms with Gasteiger partial charge in [-0.3, -0.25) is 4.98 Å². The molecule has 2 aromatic rings. The number of pyridine rings is 1. The minimum absolute atomic E-state index is 0.0705. The number of sulfonamides is 1. The molecule has 23 heavy (non-hydrogen) atoms. The zero-order valence-electron chi connectivity index (χ0n) is 14.1. The van der Waals surface area contributed by atoms with Crippen molar-refractivity contribution in [3.05, 3.63) is 65.0 Å². The Labute approximate surface area is 139 Å². The molecule has 0 aliphatic heterocycles. The molecule has 1 aromatic heterocycles. The van der Waals surface area contributed by atoms with Crippen LogP contribution >= 0.6 is 0 Å². The molecule has 1 heterocycles. The van der Waals surface area contributed by atoms with E-state index in [1.807, 2.05) is 52.0 Å². The van der Waals surface area contributed by atoms with Crippen LogP contribution in [-0.4, -0.2) is 19.2 Å². The maximum Gasteiger partial charge on any atom is 0.212 e. The lowest BCUT2D eigenvalue weighted by Gasteiger charge is -2.22. The number of aromatic nitrogens is 1. The second-order valence-electron chi connectivity index (χ2n) is 6.37. The van der Waals surface area contributed by atoms with Crippen LogP contribution in [0.4, 0.5) is 0 Å². The fourth-order valence-electron chi connectivity index (χ4n) is 2.67. The summed E-state index contributed by atoms with van der Waals surface area (Å²) in [5, 5.41) is 0. The van der Waals surface area contributed by atoms with Gasteiger partial charge < -0.3 is 0 Å². The van der Waals surface area contributed by atoms with E-state index in [9.17, 15) is 8.42 Å². The van der Waals surface area contributed by atoms with Crippen molar-refractivity contribution in [2.24, 2.45) is 5.92 Å². The van der Waals surface area contributed by atoms with Gasteiger partial charge in [-0.25, -0.2) is 13.1 Å². The number of rotatable bonds is 6. The smallest absolute Gasteiger partial charge is 0.212 e. The number of nitrogens with zero attached hydrogens (tertiary/aromatic N) is 1. The third-order valence-electron chi connectivity index (χ3n) is 3.60. The average Bonchev–Trinajstić information content (AvgIpc) is 2.45. The highest BCUT2D eigenvalue weighted by Gasteiger charge is 2.23. The number of hydrogen-bond acceptors (Lipinski definition) is 3. The summed E-state index contributed by atoms with van der Waals surface area (Å²) in [5.41, 5.74) is 4.01. The van der Waals surface area contributed by atoms with Crippen LogP contribution in [0.2, 0.25) is 0 Å². The van der Waals surface area contributed by atoms with Crippen molar-refractivity contribution in [1.82, 2.24) is 9.71 Å². The Bertz CT molecular complexity index is 756. The van der Waals surface area contributed by atoms with Crippen molar-refractivity contribution in [1.29, 1.82) is 0 Å². The standard InChI is InChI=1S/C18H24N2O2S/c1-13(2)12-23(21,22)20-18(16-6-5-9-19-11-16)17-8-7-14(3)10-15(17)4/h5-11,13,18,20H,12H2,1-4H3/t18-/m1/s1. The molecule has 1 atom stereocenters. The van der Waals surface area contributed by atoms with Crippen molar-refractivity contribution >= 4 is 10.0 Å². The molecule has 5 heteroatoms. The summed E-state index contributed by atoms with van der Waals surface area (Å²) in [4.78, 5) is 4.13. The summed E-state index contributed by atoms with van der Waals surface area (Å²) >= 11 is 0. The Morgan fingerprint density at radius 1 is 1.17 bits per heavy atom. The lowest BCUT2D eigenvalue weighted by molar-refractivity contribution is 0.559. The van der Waals surface area contributed by atoms with Gasteiger partial charge in [0, 0.05) is 12.4 Å². The topological polar surface area (TPSA) is 59.1 Å². The molecule has 0 saturated heterocycles. The van der Waals surface area contributed by atoms with Gasteiger partial charge >= 0.3 is 0 Å². The SMILES string of the molecule is Cc1ccc([C@H](NS(=O)(=O)CC(C)C)c2cccnc2)c(C)c1. The number of nitrogens with one attached hydrogen (secondary N) is 1. The predicted octanol–water partition coefficient (Wildman–Crippen LogP) is 3.36. The fraction of sp³-hybridized carbons (Fsp3) is 0.389. The molecule has 0 bridgehead atoms. The van der Waals surface area contributed by atoms with Crippen molar-refractivity contribution in [3.8, 4) is 0 Å². The number of aryl methyl sites for hydroxylation is 2. The fourth-order valence-corrected chi connectivity index (χ4v) is 4.27. The molecule has 0 aliphatic rings. The van der Waals surface area contributed by atoms with E-state index >= 15 is 0 Å². The second kappa shape index (κ2) is 7.23. The number of benzene rings is 1. The van der Waals surface area contributed by atoms with Crippen molar-refractivity contribution in [2.75, 3.05) is 5.75 Å². The maximum atomic E-state index is 12.4. The molecule has 0 spiro atoms. The van der Waals surface area contributed by atoms with Crippen molar-refractivity contribution in [2.45, 2.75) is 33.7 Å². The van der Waals surface area contributed by atoms with Gasteiger partial charge in [0.15, 0.2) is 0 Å². The summed E-state index contributed by atoms with van der Waals surface area (Å²) in [5.74, 6) is 0.176. The van der Waals surface area contributed by atoms with Gasteiger partial charge in [-0.05, 0) is 42.5 Å². The first-order valence-electron chi connectivity index (χ1n) is 7.75. The van der Waals surface area contributed by atoms with E-state index < -0.39 is 16.1 Å². The molecule has 0 unspecified atom stereocenters. The first-order chi connectivity index (χ1) is 10.8. The molecule has 1 N–H and O–H groups in total. The van der Waals surface area contributed by atoms with E-state index in [0.717, 1.165) is 22.3 Å². The van der Waals surface area contributed by atoms with Gasteiger partial charge in [0.05, 0.1) is 11.8 Å². The monoisotopic (exact) mass is 332 g/mol. The Hall–Kier alpha value is -1.72. The van der Waals surface area contributed by atoms with E-state index in [0.29, 0.717) is 0 Å². The summed E-state index contributed by atoms with van der Waals surface area (Å²) in [6, 6.07) is 9.35. The lowest BCUT2D eigenvalue weighted by atomic mass is 9.95. The van der Waals surface area contributed by atoms with Crippen LogP contribution in [0.1, 0.15) is 42.1 Å². The Morgan fingerprint density at radius 3 is 2.48 bits per heavy atom. The minimum Gasteiger partial charge on any atom is -0.264 e. The zero-order chi connectivity index (χ0) is 17.0. The first kappa shape index (κ1) is 17.6. The van der Waals surface area contributed by atoms with Crippen molar-refractivity contribution < 1.29 is 8.42 Å². The molecule has 0 radical (unpaired) electrons. The van der Waals surface area contributed by atoms with E-state index in [-0.39, 0.29) is 11.7 Å². The molecule has 0 saturated carbocycles. The van der Waals surface area contributed by atoms with Crippen molar-refractivity contribution in [3.63, 3.8) is 0 Å². The van der Waals surface area contributed by atoms with E-state index in [1.165, 1.54) is 0 Å². The second-order valence-corrected chi connectivity index (χ2v) is 8.17. The third kappa shape index (κ3) is 4.88. The molecule has 0 amide bonds. The van der Waals surface area contributed by atoms with Crippen LogP contribution in [0.15, 0.2) is 42.7 Å². The molecule has 1 aromatic carbocycles. The Balaban J connectivity index is 2.45. The lowest BCUT2D eigenvalue weighted by Crippen LogP contribution is -2.33. The number of hydrogen-bond donors (Lipinski definition) is 1. The predicted molar refractivity (Wildman–Crippen MR) is 93.8 cm³/mol. The molecule has 124 valence electrons. The zero-order valence-corrected chi connectivity index (χ0v) is 14.9. The summed E-state index contributed by atoms with van der Waals surface area (Å²) in [6.45, 7) is 7.83. The van der Waals surface area contributed by atoms with Gasteiger partial charge in [-0.1, -0.05) is 43.7 Å². The Morgan fingerprint density at radius 2 is 1.91 bits per heavy atom. The molecule has 0 fully saturated rings. The van der Waals surface area contributed by atoms with E-state index in [4.69, 9.17) is 0 Å². The van der Waals surface area contributed by atoms with Gasteiger partial charge in [0.1, 0.15) is 0 Å². The molecule has 2 rings (SSSR count). The molecular weight excluding hydrogens is 308 g/mol. The quantitative estimate of drug-likeness (QED) is 0.882. The summed E-state index contributed by atoms with van der Waals surface area (Å²) < 4.78 is 27.7. The van der Waals surface area contributed by atoms with Crippen LogP contribution in [0.5, 0.6) is 0 Å². The average molecular weight is 332 g/mol. The van der Waals surface area contributed by atoms with Gasteiger partial charge in [-0.2, -0.15) is 0 Å². The maximum absolute atomic E-state index is 12.4. The Kier molecular flexibility index (Phi) is 5.55. The molecular formula is C18H24N2O2S. The van der Waals surface area contributed by atoms with Crippen LogP contribution in [-0.2, 0) is 10.0 Å².